The van der Waals surface area contributed by atoms with Gasteiger partial charge in [-0.15, -0.1) is 0 Å². The van der Waals surface area contributed by atoms with E-state index >= 15 is 0 Å². The van der Waals surface area contributed by atoms with Crippen LogP contribution >= 0.6 is 0 Å². The lowest BCUT2D eigenvalue weighted by atomic mass is 10.1. The number of carbonyl (C=O) groups is 2. The number of carbonyl (C=O) groups excluding carboxylic acids is 2. The average molecular weight is 961 g/mol. The number of esters is 2. The van der Waals surface area contributed by atoms with Crippen LogP contribution in [-0.2, 0) is 28.5 Å². The SMILES string of the molecule is CC(OCCCCCCCCCCOc1ccc(C#Cc2ccc(F)cc2)cc1)C(C)OC(=O)/C=C/C(=O)OC(C)C(C)OCCCCCCCCCCOc1ccc(C#Cc2ccc(F)cc2)cc1. The lowest BCUT2D eigenvalue weighted by molar-refractivity contribution is -0.152. The minimum absolute atomic E-state index is 0.269. The second kappa shape index (κ2) is 34.4. The number of unbranched alkanes of at least 4 members (excludes halogenated alkanes) is 14. The molecule has 0 spiro atoms. The molecule has 0 saturated carbocycles. The highest BCUT2D eigenvalue weighted by Crippen LogP contribution is 2.17. The monoisotopic (exact) mass is 961 g/mol. The lowest BCUT2D eigenvalue weighted by Crippen LogP contribution is -2.29. The molecule has 4 aromatic rings. The smallest absolute Gasteiger partial charge is 0.331 e. The molecule has 8 nitrogen and oxygen atoms in total. The lowest BCUT2D eigenvalue weighted by Gasteiger charge is -2.21. The molecule has 0 radical (unpaired) electrons. The summed E-state index contributed by atoms with van der Waals surface area (Å²) in [7, 11) is 0. The first-order valence-electron chi connectivity index (χ1n) is 25.4. The second-order valence-corrected chi connectivity index (χ2v) is 17.7. The Morgan fingerprint density at radius 1 is 0.386 bits per heavy atom. The van der Waals surface area contributed by atoms with E-state index in [9.17, 15) is 18.4 Å². The molecule has 70 heavy (non-hydrogen) atoms. The van der Waals surface area contributed by atoms with Gasteiger partial charge in [-0.2, -0.15) is 0 Å². The quantitative estimate of drug-likeness (QED) is 0.0207. The van der Waals surface area contributed by atoms with E-state index in [2.05, 4.69) is 23.7 Å². The van der Waals surface area contributed by atoms with Crippen LogP contribution in [0.5, 0.6) is 11.5 Å². The molecule has 10 heteroatoms. The molecule has 0 aliphatic heterocycles. The van der Waals surface area contributed by atoms with Crippen molar-refractivity contribution in [3.05, 3.63) is 143 Å². The van der Waals surface area contributed by atoms with E-state index in [0.717, 1.165) is 110 Å². The average Bonchev–Trinajstić information content (AvgIpc) is 3.36. The Morgan fingerprint density at radius 3 is 0.943 bits per heavy atom. The highest BCUT2D eigenvalue weighted by atomic mass is 19.1. The molecule has 0 aliphatic carbocycles. The zero-order valence-electron chi connectivity index (χ0n) is 41.9. The van der Waals surface area contributed by atoms with E-state index < -0.39 is 24.1 Å². The highest BCUT2D eigenvalue weighted by Gasteiger charge is 2.18. The van der Waals surface area contributed by atoms with E-state index in [1.807, 2.05) is 62.4 Å². The zero-order valence-corrected chi connectivity index (χ0v) is 41.9. The molecule has 0 fully saturated rings. The summed E-state index contributed by atoms with van der Waals surface area (Å²) >= 11 is 0. The zero-order chi connectivity index (χ0) is 50.0. The van der Waals surface area contributed by atoms with Gasteiger partial charge in [0.25, 0.3) is 0 Å². The Hall–Kier alpha value is -5.94. The van der Waals surface area contributed by atoms with E-state index in [1.165, 1.54) is 62.8 Å². The van der Waals surface area contributed by atoms with Gasteiger partial charge in [-0.3, -0.25) is 0 Å². The Bertz CT molecular complexity index is 2060. The van der Waals surface area contributed by atoms with Crippen molar-refractivity contribution in [2.75, 3.05) is 26.4 Å². The van der Waals surface area contributed by atoms with Crippen molar-refractivity contribution in [2.45, 2.75) is 155 Å². The minimum Gasteiger partial charge on any atom is -0.494 e. The molecule has 0 saturated heterocycles. The fraction of sp³-hybridized carbons (Fsp3) is 0.467. The van der Waals surface area contributed by atoms with Crippen LogP contribution in [0.1, 0.15) is 153 Å². The molecule has 4 aromatic carbocycles. The molecule has 0 bridgehead atoms. The van der Waals surface area contributed by atoms with Crippen molar-refractivity contribution in [2.24, 2.45) is 0 Å². The van der Waals surface area contributed by atoms with Crippen LogP contribution < -0.4 is 9.47 Å². The van der Waals surface area contributed by atoms with Gasteiger partial charge in [-0.25, -0.2) is 18.4 Å². The van der Waals surface area contributed by atoms with Crippen molar-refractivity contribution >= 4 is 11.9 Å². The van der Waals surface area contributed by atoms with Gasteiger partial charge in [0, 0.05) is 47.6 Å². The third-order valence-electron chi connectivity index (χ3n) is 11.8. The van der Waals surface area contributed by atoms with Crippen LogP contribution in [0.2, 0.25) is 0 Å². The molecule has 4 unspecified atom stereocenters. The van der Waals surface area contributed by atoms with Crippen LogP contribution in [0, 0.1) is 35.3 Å². The predicted molar refractivity (Wildman–Crippen MR) is 274 cm³/mol. The Labute approximate surface area is 416 Å². The number of hydrogen-bond donors (Lipinski definition) is 0. The molecule has 0 amide bonds. The Kier molecular flexibility index (Phi) is 27.8. The predicted octanol–water partition coefficient (Wildman–Crippen LogP) is 13.7. The first kappa shape index (κ1) is 56.6. The van der Waals surface area contributed by atoms with Gasteiger partial charge in [0.15, 0.2) is 0 Å². The maximum atomic E-state index is 13.1. The first-order valence-corrected chi connectivity index (χ1v) is 25.4. The molecular formula is C60H74F2O8. The maximum absolute atomic E-state index is 13.1. The van der Waals surface area contributed by atoms with Crippen molar-refractivity contribution in [3.63, 3.8) is 0 Å². The van der Waals surface area contributed by atoms with E-state index in [-0.39, 0.29) is 23.8 Å². The Morgan fingerprint density at radius 2 is 0.643 bits per heavy atom. The summed E-state index contributed by atoms with van der Waals surface area (Å²) in [5, 5.41) is 0. The number of halogens is 2. The normalized spacial score (nSPS) is 12.7. The number of ether oxygens (including phenoxy) is 6. The van der Waals surface area contributed by atoms with Crippen LogP contribution in [0.3, 0.4) is 0 Å². The molecule has 0 aliphatic rings. The van der Waals surface area contributed by atoms with Crippen LogP contribution in [0.25, 0.3) is 0 Å². The van der Waals surface area contributed by atoms with Crippen molar-refractivity contribution in [1.82, 2.24) is 0 Å². The molecule has 4 atom stereocenters. The van der Waals surface area contributed by atoms with Gasteiger partial charge in [0.1, 0.15) is 35.3 Å². The fourth-order valence-electron chi connectivity index (χ4n) is 7.12. The minimum atomic E-state index is -0.621. The third-order valence-corrected chi connectivity index (χ3v) is 11.8. The van der Waals surface area contributed by atoms with Gasteiger partial charge in [0.2, 0.25) is 0 Å². The van der Waals surface area contributed by atoms with Crippen molar-refractivity contribution in [1.29, 1.82) is 0 Å². The first-order chi connectivity index (χ1) is 34.0. The van der Waals surface area contributed by atoms with E-state index in [0.29, 0.717) is 26.4 Å². The summed E-state index contributed by atoms with van der Waals surface area (Å²) in [6.07, 6.45) is 18.5. The van der Waals surface area contributed by atoms with Crippen molar-refractivity contribution < 1.29 is 46.8 Å². The Balaban J connectivity index is 0.893. The molecular weight excluding hydrogens is 887 g/mol. The second-order valence-electron chi connectivity index (χ2n) is 17.7. The van der Waals surface area contributed by atoms with Crippen LogP contribution in [0.15, 0.2) is 109 Å². The van der Waals surface area contributed by atoms with Gasteiger partial charge in [0.05, 0.1) is 25.4 Å². The summed E-state index contributed by atoms with van der Waals surface area (Å²) in [5.74, 6) is 12.1. The van der Waals surface area contributed by atoms with E-state index in [1.54, 1.807) is 38.1 Å². The standard InChI is InChI=1S/C60H74F2O8/c1-47(65-43-17-13-9-5-7-11-15-19-45-67-57-37-29-53(30-38-57)23-21-51-25-33-55(61)34-26-51)49(3)69-59(63)41-42-60(64)70-50(4)48(2)66-44-18-14-10-6-8-12-16-20-46-68-58-39-31-54(32-40-58)24-22-52-27-35-56(62)36-28-52/h25-42,47-50H,5-20,43-46H2,1-4H3/b42-41+. The summed E-state index contributed by atoms with van der Waals surface area (Å²) < 4.78 is 60.7. The topological polar surface area (TPSA) is 89.5 Å². The summed E-state index contributed by atoms with van der Waals surface area (Å²) in [6.45, 7) is 9.89. The van der Waals surface area contributed by atoms with Gasteiger partial charge >= 0.3 is 11.9 Å². The number of benzene rings is 4. The molecule has 0 N–H and O–H groups in total. The van der Waals surface area contributed by atoms with Crippen LogP contribution in [0.4, 0.5) is 8.78 Å². The highest BCUT2D eigenvalue weighted by molar-refractivity contribution is 5.91. The van der Waals surface area contributed by atoms with Gasteiger partial charge in [-0.1, -0.05) is 101 Å². The third kappa shape index (κ3) is 25.6. The number of rotatable bonds is 32. The summed E-state index contributed by atoms with van der Waals surface area (Å²) in [6, 6.07) is 27.7. The molecule has 376 valence electrons. The van der Waals surface area contributed by atoms with Gasteiger partial charge < -0.3 is 28.4 Å². The molecule has 0 aromatic heterocycles. The largest absolute Gasteiger partial charge is 0.494 e. The van der Waals surface area contributed by atoms with Crippen molar-refractivity contribution in [3.8, 4) is 35.2 Å². The maximum Gasteiger partial charge on any atom is 0.331 e. The summed E-state index contributed by atoms with van der Waals surface area (Å²) in [5.41, 5.74) is 3.31. The van der Waals surface area contributed by atoms with Crippen LogP contribution in [-0.4, -0.2) is 62.8 Å². The molecule has 0 heterocycles. The molecule has 4 rings (SSSR count). The van der Waals surface area contributed by atoms with Gasteiger partial charge in [-0.05, 0) is 150 Å². The fourth-order valence-corrected chi connectivity index (χ4v) is 7.12. The van der Waals surface area contributed by atoms with E-state index in [4.69, 9.17) is 28.4 Å². The number of hydrogen-bond acceptors (Lipinski definition) is 8. The summed E-state index contributed by atoms with van der Waals surface area (Å²) in [4.78, 5) is 24.8.